The third kappa shape index (κ3) is 10.1. The van der Waals surface area contributed by atoms with Crippen LogP contribution in [0.2, 0.25) is 5.02 Å². The van der Waals surface area contributed by atoms with Crippen LogP contribution in [0.3, 0.4) is 0 Å². The summed E-state index contributed by atoms with van der Waals surface area (Å²) in [7, 11) is 1.65. The van der Waals surface area contributed by atoms with Crippen LogP contribution in [0.15, 0.2) is 101 Å². The number of halogens is 1. The molecule has 0 unspecified atom stereocenters. The number of hydrogen-bond donors (Lipinski definition) is 1. The number of nitrogens with zero attached hydrogens (tertiary/aromatic N) is 1. The number of methoxy groups -OCH3 is 1. The van der Waals surface area contributed by atoms with Crippen molar-refractivity contribution in [3.8, 4) is 39.3 Å². The molecule has 0 saturated carbocycles. The fourth-order valence-corrected chi connectivity index (χ4v) is 6.50. The number of rotatable bonds is 15. The van der Waals surface area contributed by atoms with E-state index >= 15 is 0 Å². The first-order valence-electron chi connectivity index (χ1n) is 16.5. The Labute approximate surface area is 321 Å². The zero-order valence-corrected chi connectivity index (χ0v) is 31.6. The number of ether oxygens (including phenoxy) is 1. The molecule has 0 radical (unpaired) electrons. The van der Waals surface area contributed by atoms with Gasteiger partial charge in [-0.15, -0.1) is 0 Å². The summed E-state index contributed by atoms with van der Waals surface area (Å²) >= 11 is 7.74. The Morgan fingerprint density at radius 2 is 1.65 bits per heavy atom. The monoisotopic (exact) mass is 716 g/mol. The van der Waals surface area contributed by atoms with Crippen LogP contribution in [0.5, 0.6) is 5.75 Å². The molecule has 1 atom stereocenters. The zero-order chi connectivity index (χ0) is 35.8. The number of carboxylic acid groups (broad SMARTS) is 1. The van der Waals surface area contributed by atoms with Gasteiger partial charge in [-0.1, -0.05) is 54.1 Å². The number of carboxylic acids is 1. The quantitative estimate of drug-likeness (QED) is 0.148. The molecular formula is C41H42ClLiN2O5S. The minimum absolute atomic E-state index is 0. The second-order valence-electron chi connectivity index (χ2n) is 12.5. The molecule has 0 bridgehead atoms. The van der Waals surface area contributed by atoms with Crippen LogP contribution >= 0.6 is 23.4 Å². The molecule has 7 nitrogen and oxygen atoms in total. The van der Waals surface area contributed by atoms with Gasteiger partial charge in [0.15, 0.2) is 0 Å². The zero-order valence-electron chi connectivity index (χ0n) is 30.0. The molecule has 1 N–H and O–H groups in total. The van der Waals surface area contributed by atoms with Gasteiger partial charge in [-0.2, -0.15) is 11.8 Å². The van der Waals surface area contributed by atoms with Crippen LogP contribution in [-0.2, 0) is 17.9 Å². The van der Waals surface area contributed by atoms with Crippen LogP contribution in [0.1, 0.15) is 47.5 Å². The number of carbonyl (C=O) groups is 2. The second-order valence-corrected chi connectivity index (χ2v) is 13.9. The van der Waals surface area contributed by atoms with Gasteiger partial charge < -0.3 is 24.4 Å². The molecule has 10 heteroatoms. The standard InChI is InChI=1S/C41H43ClN2O5S.Li/c1-26(2)44(25-33-23-36(30-10-8-11-32(22-30)48-4)39(49-33)29-14-16-31(42)17-15-29)24-28-13-18-35(37(21-28)34-12-7-6-9-27(34)3)40(45)43-38(41(46)47)19-20-50-5;/h6-18,21-23,26,38H,19-20,24-25H2,1-5H3,(H,43,45)(H,46,47);/q;+1/p-1/t38-;/m0./s1. The maximum Gasteiger partial charge on any atom is 1.00 e. The number of hydrogen-bond acceptors (Lipinski definition) is 7. The molecule has 0 saturated heterocycles. The van der Waals surface area contributed by atoms with Gasteiger partial charge in [0.2, 0.25) is 0 Å². The first-order valence-corrected chi connectivity index (χ1v) is 18.3. The van der Waals surface area contributed by atoms with Crippen LogP contribution in [0.25, 0.3) is 33.6 Å². The van der Waals surface area contributed by atoms with Gasteiger partial charge in [0.1, 0.15) is 17.3 Å². The molecule has 51 heavy (non-hydrogen) atoms. The Morgan fingerprint density at radius 3 is 2.31 bits per heavy atom. The first kappa shape index (κ1) is 39.9. The molecule has 0 spiro atoms. The van der Waals surface area contributed by atoms with E-state index in [2.05, 4.69) is 30.1 Å². The van der Waals surface area contributed by atoms with Crippen molar-refractivity contribution in [2.24, 2.45) is 0 Å². The molecule has 0 fully saturated rings. The number of aliphatic carboxylic acids is 1. The third-order valence-electron chi connectivity index (χ3n) is 8.71. The number of thioether (sulfide) groups is 1. The SMILES string of the molecule is COc1cccc(-c2cc(CN(Cc3ccc(C(=O)N[C@@H](CCSC)C(=O)[O-])c(-c4ccccc4C)c3)C(C)C)oc2-c2ccc(Cl)cc2)c1.[Li+]. The fourth-order valence-electron chi connectivity index (χ4n) is 5.90. The first-order chi connectivity index (χ1) is 24.1. The van der Waals surface area contributed by atoms with Gasteiger partial charge >= 0.3 is 18.9 Å². The predicted octanol–water partition coefficient (Wildman–Crippen LogP) is 5.27. The van der Waals surface area contributed by atoms with Crippen molar-refractivity contribution >= 4 is 35.2 Å². The molecule has 1 aromatic heterocycles. The third-order valence-corrected chi connectivity index (χ3v) is 9.61. The van der Waals surface area contributed by atoms with E-state index in [1.165, 1.54) is 11.8 Å². The largest absolute Gasteiger partial charge is 1.00 e. The molecular weight excluding hydrogens is 675 g/mol. The number of benzene rings is 4. The second kappa shape index (κ2) is 18.5. The molecule has 1 amide bonds. The number of carbonyl (C=O) groups excluding carboxylic acids is 2. The summed E-state index contributed by atoms with van der Waals surface area (Å²) in [6.45, 7) is 7.41. The Morgan fingerprint density at radius 1 is 0.902 bits per heavy atom. The summed E-state index contributed by atoms with van der Waals surface area (Å²) in [6.07, 6.45) is 2.18. The fraction of sp³-hybridized carbons (Fsp3) is 0.268. The molecule has 0 aliphatic rings. The normalized spacial score (nSPS) is 11.7. The van der Waals surface area contributed by atoms with Crippen molar-refractivity contribution in [3.05, 3.63) is 125 Å². The molecule has 0 aliphatic carbocycles. The summed E-state index contributed by atoms with van der Waals surface area (Å²) in [4.78, 5) is 27.7. The van der Waals surface area contributed by atoms with Crippen molar-refractivity contribution < 1.29 is 42.7 Å². The van der Waals surface area contributed by atoms with E-state index in [-0.39, 0.29) is 31.3 Å². The smallest absolute Gasteiger partial charge is 0.548 e. The molecule has 260 valence electrons. The van der Waals surface area contributed by atoms with Crippen LogP contribution in [-0.4, -0.2) is 48.0 Å². The average molecular weight is 717 g/mol. The van der Waals surface area contributed by atoms with Gasteiger partial charge in [-0.3, -0.25) is 9.69 Å². The molecule has 5 aromatic rings. The van der Waals surface area contributed by atoms with E-state index in [4.69, 9.17) is 20.8 Å². The minimum atomic E-state index is -1.29. The van der Waals surface area contributed by atoms with Gasteiger partial charge in [0, 0.05) is 34.3 Å². The van der Waals surface area contributed by atoms with Crippen molar-refractivity contribution in [1.29, 1.82) is 0 Å². The Kier molecular flexibility index (Phi) is 14.5. The van der Waals surface area contributed by atoms with E-state index in [9.17, 15) is 14.7 Å². The minimum Gasteiger partial charge on any atom is -0.548 e. The summed E-state index contributed by atoms with van der Waals surface area (Å²) in [5, 5.41) is 15.2. The average Bonchev–Trinajstić information content (AvgIpc) is 3.53. The van der Waals surface area contributed by atoms with Crippen LogP contribution in [0.4, 0.5) is 0 Å². The van der Waals surface area contributed by atoms with Crippen LogP contribution in [0, 0.1) is 6.92 Å². The molecule has 0 aliphatic heterocycles. The topological polar surface area (TPSA) is 94.8 Å². The predicted molar refractivity (Wildman–Crippen MR) is 201 cm³/mol. The molecule has 1 heterocycles. The van der Waals surface area contributed by atoms with E-state index < -0.39 is 17.9 Å². The number of aryl methyl sites for hydroxylation is 1. The van der Waals surface area contributed by atoms with Crippen molar-refractivity contribution in [2.45, 2.75) is 52.4 Å². The maximum atomic E-state index is 13.6. The van der Waals surface area contributed by atoms with Crippen molar-refractivity contribution in [2.75, 3.05) is 19.1 Å². The molecule has 4 aromatic carbocycles. The van der Waals surface area contributed by atoms with Crippen molar-refractivity contribution in [1.82, 2.24) is 10.2 Å². The number of furan rings is 1. The van der Waals surface area contributed by atoms with E-state index in [1.54, 1.807) is 13.2 Å². The van der Waals surface area contributed by atoms with Gasteiger partial charge in [0.05, 0.1) is 25.7 Å². The van der Waals surface area contributed by atoms with E-state index in [1.807, 2.05) is 98.1 Å². The summed E-state index contributed by atoms with van der Waals surface area (Å²) in [6, 6.07) is 30.3. The molecule has 5 rings (SSSR count). The summed E-state index contributed by atoms with van der Waals surface area (Å²) in [5.74, 6) is 1.16. The van der Waals surface area contributed by atoms with Crippen LogP contribution < -0.4 is 34.0 Å². The van der Waals surface area contributed by atoms with Gasteiger partial charge in [-0.05, 0) is 122 Å². The number of amides is 1. The summed E-state index contributed by atoms with van der Waals surface area (Å²) < 4.78 is 12.1. The Hall–Kier alpha value is -3.90. The van der Waals surface area contributed by atoms with Crippen molar-refractivity contribution in [3.63, 3.8) is 0 Å². The van der Waals surface area contributed by atoms with E-state index in [0.29, 0.717) is 29.4 Å². The van der Waals surface area contributed by atoms with Gasteiger partial charge in [-0.25, -0.2) is 0 Å². The number of nitrogens with one attached hydrogen (secondary N) is 1. The summed E-state index contributed by atoms with van der Waals surface area (Å²) in [5.41, 5.74) is 6.93. The maximum absolute atomic E-state index is 13.6. The van der Waals surface area contributed by atoms with E-state index in [0.717, 1.165) is 56.2 Å². The Balaban J connectivity index is 0.00000583. The van der Waals surface area contributed by atoms with Gasteiger partial charge in [0.25, 0.3) is 5.91 Å². The Bertz CT molecular complexity index is 1950.